The van der Waals surface area contributed by atoms with Crippen LogP contribution in [0.3, 0.4) is 0 Å². The van der Waals surface area contributed by atoms with Gasteiger partial charge in [-0.25, -0.2) is 9.18 Å². The molecular weight excluding hydrogens is 359 g/mol. The van der Waals surface area contributed by atoms with Crippen LogP contribution < -0.4 is 10.6 Å². The molecule has 1 amide bonds. The molecule has 0 aliphatic heterocycles. The van der Waals surface area contributed by atoms with Gasteiger partial charge >= 0.3 is 5.97 Å². The Kier molecular flexibility index (Phi) is 5.81. The Hall–Kier alpha value is -3.93. The van der Waals surface area contributed by atoms with Gasteiger partial charge in [0.15, 0.2) is 0 Å². The highest BCUT2D eigenvalue weighted by Crippen LogP contribution is 2.25. The summed E-state index contributed by atoms with van der Waals surface area (Å²) in [5.41, 5.74) is 2.15. The molecule has 140 valence electrons. The monoisotopic (exact) mass is 376 g/mol. The zero-order chi connectivity index (χ0) is 19.9. The van der Waals surface area contributed by atoms with Crippen LogP contribution in [0, 0.1) is 5.82 Å². The lowest BCUT2D eigenvalue weighted by atomic mass is 10.1. The Labute approximate surface area is 161 Å². The molecule has 0 saturated heterocycles. The topological polar surface area (TPSA) is 78.4 Å². The Bertz CT molecular complexity index is 1020. The lowest BCUT2D eigenvalue weighted by molar-refractivity contribution is -0.111. The van der Waals surface area contributed by atoms with Crippen molar-refractivity contribution in [2.24, 2.45) is 0 Å². The predicted octanol–water partition coefficient (Wildman–Crippen LogP) is 4.92. The number of aromatic carboxylic acids is 1. The van der Waals surface area contributed by atoms with E-state index in [0.29, 0.717) is 11.4 Å². The van der Waals surface area contributed by atoms with Gasteiger partial charge in [-0.3, -0.25) is 4.79 Å². The van der Waals surface area contributed by atoms with Crippen molar-refractivity contribution in [1.82, 2.24) is 0 Å². The molecule has 0 radical (unpaired) electrons. The summed E-state index contributed by atoms with van der Waals surface area (Å²) >= 11 is 0. The predicted molar refractivity (Wildman–Crippen MR) is 107 cm³/mol. The Balaban J connectivity index is 1.78. The third-order valence-electron chi connectivity index (χ3n) is 3.87. The second kappa shape index (κ2) is 8.64. The number of anilines is 3. The molecule has 0 aliphatic rings. The van der Waals surface area contributed by atoms with Gasteiger partial charge in [0.2, 0.25) is 5.91 Å². The van der Waals surface area contributed by atoms with Crippen LogP contribution >= 0.6 is 0 Å². The first-order valence-electron chi connectivity index (χ1n) is 8.45. The van der Waals surface area contributed by atoms with E-state index >= 15 is 0 Å². The smallest absolute Gasteiger partial charge is 0.337 e. The van der Waals surface area contributed by atoms with E-state index < -0.39 is 11.8 Å². The fraction of sp³-hybridized carbons (Fsp3) is 0. The van der Waals surface area contributed by atoms with E-state index in [-0.39, 0.29) is 17.2 Å². The summed E-state index contributed by atoms with van der Waals surface area (Å²) in [5, 5.41) is 15.0. The van der Waals surface area contributed by atoms with Crippen molar-refractivity contribution in [2.75, 3.05) is 10.6 Å². The van der Waals surface area contributed by atoms with Gasteiger partial charge in [-0.1, -0.05) is 30.3 Å². The van der Waals surface area contributed by atoms with Crippen LogP contribution in [0.15, 0.2) is 78.9 Å². The molecule has 3 rings (SSSR count). The van der Waals surface area contributed by atoms with E-state index in [0.717, 1.165) is 5.56 Å². The second-order valence-electron chi connectivity index (χ2n) is 5.93. The van der Waals surface area contributed by atoms with E-state index in [9.17, 15) is 19.1 Å². The van der Waals surface area contributed by atoms with Gasteiger partial charge in [0, 0.05) is 17.5 Å². The molecule has 0 fully saturated rings. The molecule has 0 aromatic heterocycles. The van der Waals surface area contributed by atoms with E-state index in [1.165, 1.54) is 48.5 Å². The quantitative estimate of drug-likeness (QED) is 0.534. The number of amides is 1. The first kappa shape index (κ1) is 18.8. The van der Waals surface area contributed by atoms with Crippen LogP contribution in [0.2, 0.25) is 0 Å². The molecular formula is C22H17FN2O3. The summed E-state index contributed by atoms with van der Waals surface area (Å²) < 4.78 is 13.1. The molecule has 3 aromatic rings. The summed E-state index contributed by atoms with van der Waals surface area (Å²) in [5.74, 6) is -1.86. The number of nitrogens with one attached hydrogen (secondary N) is 2. The normalized spacial score (nSPS) is 10.6. The highest BCUT2D eigenvalue weighted by molar-refractivity contribution is 6.03. The minimum absolute atomic E-state index is 0.0298. The van der Waals surface area contributed by atoms with Crippen LogP contribution in [0.1, 0.15) is 15.9 Å². The number of hydrogen-bond acceptors (Lipinski definition) is 3. The molecule has 0 bridgehead atoms. The molecule has 0 saturated carbocycles. The fourth-order valence-electron chi connectivity index (χ4n) is 2.52. The number of halogens is 1. The number of benzene rings is 3. The van der Waals surface area contributed by atoms with Gasteiger partial charge in [0.25, 0.3) is 0 Å². The van der Waals surface area contributed by atoms with Crippen LogP contribution in [0.4, 0.5) is 21.5 Å². The average molecular weight is 376 g/mol. The second-order valence-corrected chi connectivity index (χ2v) is 5.93. The number of rotatable bonds is 6. The molecule has 3 aromatic carbocycles. The van der Waals surface area contributed by atoms with Crippen molar-refractivity contribution in [3.63, 3.8) is 0 Å². The van der Waals surface area contributed by atoms with Gasteiger partial charge in [-0.15, -0.1) is 0 Å². The van der Waals surface area contributed by atoms with Gasteiger partial charge in [0.1, 0.15) is 5.82 Å². The third kappa shape index (κ3) is 5.04. The molecule has 3 N–H and O–H groups in total. The van der Waals surface area contributed by atoms with Gasteiger partial charge in [-0.2, -0.15) is 0 Å². The van der Waals surface area contributed by atoms with Crippen LogP contribution in [-0.4, -0.2) is 17.0 Å². The molecule has 0 heterocycles. The Morgan fingerprint density at radius 3 is 2.25 bits per heavy atom. The molecule has 5 nitrogen and oxygen atoms in total. The number of carboxylic acid groups (broad SMARTS) is 1. The highest BCUT2D eigenvalue weighted by Gasteiger charge is 2.12. The van der Waals surface area contributed by atoms with Crippen LogP contribution in [0.25, 0.3) is 6.08 Å². The van der Waals surface area contributed by atoms with E-state index in [1.54, 1.807) is 6.08 Å². The maximum Gasteiger partial charge on any atom is 0.337 e. The first-order chi connectivity index (χ1) is 13.5. The molecule has 0 spiro atoms. The van der Waals surface area contributed by atoms with Gasteiger partial charge in [-0.05, 0) is 54.1 Å². The van der Waals surface area contributed by atoms with Crippen molar-refractivity contribution < 1.29 is 19.1 Å². The SMILES string of the molecule is O=C(/C=C/c1ccccc1)Nc1ccc(C(=O)O)c(Nc2ccc(F)cc2)c1. The van der Waals surface area contributed by atoms with Crippen LogP contribution in [-0.2, 0) is 4.79 Å². The minimum atomic E-state index is -1.12. The number of hydrogen-bond donors (Lipinski definition) is 3. The van der Waals surface area contributed by atoms with Gasteiger partial charge < -0.3 is 15.7 Å². The average Bonchev–Trinajstić information content (AvgIpc) is 2.69. The van der Waals surface area contributed by atoms with Crippen LogP contribution in [0.5, 0.6) is 0 Å². The number of carboxylic acids is 1. The third-order valence-corrected chi connectivity index (χ3v) is 3.87. The van der Waals surface area contributed by atoms with E-state index in [1.807, 2.05) is 30.3 Å². The summed E-state index contributed by atoms with van der Waals surface area (Å²) in [7, 11) is 0. The maximum atomic E-state index is 13.1. The molecule has 0 unspecified atom stereocenters. The summed E-state index contributed by atoms with van der Waals surface area (Å²) in [6.07, 6.45) is 3.08. The standard InChI is InChI=1S/C22H17FN2O3/c23-16-7-9-17(10-8-16)24-20-14-18(11-12-19(20)22(27)28)25-21(26)13-6-15-4-2-1-3-5-15/h1-14,24H,(H,25,26)(H,27,28)/b13-6+. The molecule has 28 heavy (non-hydrogen) atoms. The maximum absolute atomic E-state index is 13.1. The summed E-state index contributed by atoms with van der Waals surface area (Å²) in [6.45, 7) is 0. The molecule has 0 atom stereocenters. The molecule has 0 aliphatic carbocycles. The number of carbonyl (C=O) groups is 2. The zero-order valence-corrected chi connectivity index (χ0v) is 14.7. The fourth-order valence-corrected chi connectivity index (χ4v) is 2.52. The van der Waals surface area contributed by atoms with Crippen molar-refractivity contribution in [3.05, 3.63) is 95.8 Å². The summed E-state index contributed by atoms with van der Waals surface area (Å²) in [4.78, 5) is 23.6. The van der Waals surface area contributed by atoms with Gasteiger partial charge in [0.05, 0.1) is 11.3 Å². The summed E-state index contributed by atoms with van der Waals surface area (Å²) in [6, 6.07) is 19.3. The minimum Gasteiger partial charge on any atom is -0.478 e. The molecule has 6 heteroatoms. The van der Waals surface area contributed by atoms with Crippen molar-refractivity contribution in [2.45, 2.75) is 0 Å². The van der Waals surface area contributed by atoms with Crippen molar-refractivity contribution in [1.29, 1.82) is 0 Å². The largest absolute Gasteiger partial charge is 0.478 e. The zero-order valence-electron chi connectivity index (χ0n) is 14.7. The van der Waals surface area contributed by atoms with E-state index in [2.05, 4.69) is 10.6 Å². The number of carbonyl (C=O) groups excluding carboxylic acids is 1. The Morgan fingerprint density at radius 1 is 0.893 bits per heavy atom. The van der Waals surface area contributed by atoms with Crippen molar-refractivity contribution in [3.8, 4) is 0 Å². The van der Waals surface area contributed by atoms with Crippen molar-refractivity contribution >= 4 is 35.0 Å². The Morgan fingerprint density at radius 2 is 1.57 bits per heavy atom. The lowest BCUT2D eigenvalue weighted by Gasteiger charge is -2.12. The first-order valence-corrected chi connectivity index (χ1v) is 8.45. The van der Waals surface area contributed by atoms with E-state index in [4.69, 9.17) is 0 Å². The lowest BCUT2D eigenvalue weighted by Crippen LogP contribution is -2.09. The highest BCUT2D eigenvalue weighted by atomic mass is 19.1.